The lowest BCUT2D eigenvalue weighted by Crippen LogP contribution is -2.34. The molecule has 260 valence electrons. The maximum absolute atomic E-state index is 11.8. The van der Waals surface area contributed by atoms with Gasteiger partial charge in [0.15, 0.2) is 12.3 Å². The van der Waals surface area contributed by atoms with E-state index in [1.165, 1.54) is 33.4 Å². The van der Waals surface area contributed by atoms with Crippen LogP contribution in [0.15, 0.2) is 133 Å². The summed E-state index contributed by atoms with van der Waals surface area (Å²) >= 11 is 0. The van der Waals surface area contributed by atoms with Crippen molar-refractivity contribution < 1.29 is 24.4 Å². The van der Waals surface area contributed by atoms with E-state index >= 15 is 0 Å². The Hall–Kier alpha value is -5.49. The fourth-order valence-electron chi connectivity index (χ4n) is 7.97. The first-order chi connectivity index (χ1) is 24.5. The summed E-state index contributed by atoms with van der Waals surface area (Å²) in [5.41, 5.74) is 10.6. The molecule has 0 saturated heterocycles. The van der Waals surface area contributed by atoms with Gasteiger partial charge >= 0.3 is 11.9 Å². The van der Waals surface area contributed by atoms with E-state index in [0.717, 1.165) is 35.6 Å². The average molecular weight is 680 g/mol. The molecule has 0 spiro atoms. The van der Waals surface area contributed by atoms with Gasteiger partial charge in [-0.2, -0.15) is 4.58 Å². The molecular formula is C45H47N2O4+. The second-order valence-electron chi connectivity index (χ2n) is 14.3. The molecule has 2 aliphatic rings. The zero-order chi connectivity index (χ0) is 36.2. The Labute approximate surface area is 301 Å². The second kappa shape index (κ2) is 14.8. The van der Waals surface area contributed by atoms with E-state index in [9.17, 15) is 19.8 Å². The number of rotatable bonds is 13. The molecule has 2 N–H and O–H groups in total. The Balaban J connectivity index is 1.40. The lowest BCUT2D eigenvalue weighted by Gasteiger charge is -2.30. The summed E-state index contributed by atoms with van der Waals surface area (Å²) < 4.78 is 2.18. The molecule has 2 aliphatic heterocycles. The van der Waals surface area contributed by atoms with Crippen molar-refractivity contribution in [3.05, 3.63) is 167 Å². The minimum Gasteiger partial charge on any atom is -0.481 e. The van der Waals surface area contributed by atoms with E-state index < -0.39 is 11.9 Å². The highest BCUT2D eigenvalue weighted by atomic mass is 16.4. The summed E-state index contributed by atoms with van der Waals surface area (Å²) in [4.78, 5) is 25.7. The molecule has 0 aromatic heterocycles. The molecule has 51 heavy (non-hydrogen) atoms. The third kappa shape index (κ3) is 7.36. The average Bonchev–Trinajstić information content (AvgIpc) is 3.46. The van der Waals surface area contributed by atoms with Crippen molar-refractivity contribution >= 4 is 29.0 Å². The Morgan fingerprint density at radius 1 is 0.706 bits per heavy atom. The van der Waals surface area contributed by atoms with Crippen LogP contribution in [0.1, 0.15) is 60.1 Å². The number of nitrogens with zero attached hydrogens (tertiary/aromatic N) is 2. The molecule has 6 heteroatoms. The standard InChI is InChI=1S/C45H46N2O4/c1-32-20-22-38-36(28-32)44(3,30-34-14-8-5-9-15-34)40(46(38)26-24-42(48)49)18-12-7-13-19-41-45(4,31-35-16-10-6-11-17-35)37-29-33(2)21-23-39(37)47(41)27-25-43(50)51/h5-23,28-29H,24-27,30-31H2,1-4H3,(H-,48,49,50,51)/p+1. The van der Waals surface area contributed by atoms with Crippen LogP contribution >= 0.6 is 0 Å². The Bertz CT molecular complexity index is 2060. The van der Waals surface area contributed by atoms with Gasteiger partial charge in [0.1, 0.15) is 6.42 Å². The number of anilines is 1. The largest absolute Gasteiger partial charge is 0.481 e. The van der Waals surface area contributed by atoms with Crippen molar-refractivity contribution in [1.29, 1.82) is 0 Å². The van der Waals surface area contributed by atoms with Crippen molar-refractivity contribution in [2.24, 2.45) is 0 Å². The number of fused-ring (bicyclic) bond motifs is 2. The van der Waals surface area contributed by atoms with Gasteiger partial charge in [0.05, 0.1) is 11.8 Å². The maximum atomic E-state index is 11.8. The van der Waals surface area contributed by atoms with Crippen molar-refractivity contribution in [2.45, 2.75) is 64.2 Å². The van der Waals surface area contributed by atoms with Crippen LogP contribution in [-0.2, 0) is 33.3 Å². The first-order valence-corrected chi connectivity index (χ1v) is 17.7. The number of allylic oxidation sites excluding steroid dienone is 6. The molecule has 6 rings (SSSR count). The quantitative estimate of drug-likeness (QED) is 0.109. The zero-order valence-corrected chi connectivity index (χ0v) is 30.0. The number of aryl methyl sites for hydroxylation is 2. The van der Waals surface area contributed by atoms with Gasteiger partial charge in [0.2, 0.25) is 5.69 Å². The molecule has 6 nitrogen and oxygen atoms in total. The summed E-state index contributed by atoms with van der Waals surface area (Å²) in [5, 5.41) is 19.3. The number of carbonyl (C=O) groups is 2. The number of carboxylic acids is 2. The normalized spacial score (nSPS) is 20.5. The smallest absolute Gasteiger partial charge is 0.309 e. The predicted octanol–water partition coefficient (Wildman–Crippen LogP) is 8.87. The third-order valence-corrected chi connectivity index (χ3v) is 10.4. The van der Waals surface area contributed by atoms with E-state index in [4.69, 9.17) is 0 Å². The first-order valence-electron chi connectivity index (χ1n) is 17.7. The lowest BCUT2D eigenvalue weighted by atomic mass is 9.74. The summed E-state index contributed by atoms with van der Waals surface area (Å²) in [6, 6.07) is 33.8. The summed E-state index contributed by atoms with van der Waals surface area (Å²) in [7, 11) is 0. The topological polar surface area (TPSA) is 80.9 Å². The van der Waals surface area contributed by atoms with E-state index in [0.29, 0.717) is 13.1 Å². The fraction of sp³-hybridized carbons (Fsp3) is 0.267. The van der Waals surface area contributed by atoms with Gasteiger partial charge < -0.3 is 15.1 Å². The van der Waals surface area contributed by atoms with Crippen molar-refractivity contribution in [1.82, 2.24) is 0 Å². The molecule has 2 atom stereocenters. The molecule has 0 saturated carbocycles. The van der Waals surface area contributed by atoms with Gasteiger partial charge in [-0.05, 0) is 75.4 Å². The zero-order valence-electron chi connectivity index (χ0n) is 30.0. The second-order valence-corrected chi connectivity index (χ2v) is 14.3. The highest BCUT2D eigenvalue weighted by Crippen LogP contribution is 2.50. The van der Waals surface area contributed by atoms with Gasteiger partial charge in [-0.1, -0.05) is 108 Å². The molecule has 2 heterocycles. The maximum Gasteiger partial charge on any atom is 0.309 e. The molecule has 4 aromatic carbocycles. The number of hydrogen-bond donors (Lipinski definition) is 2. The Morgan fingerprint density at radius 3 is 1.92 bits per heavy atom. The molecule has 0 bridgehead atoms. The number of hydrogen-bond acceptors (Lipinski definition) is 3. The molecule has 0 fully saturated rings. The van der Waals surface area contributed by atoms with Gasteiger partial charge in [0.25, 0.3) is 0 Å². The third-order valence-electron chi connectivity index (χ3n) is 10.4. The minimum atomic E-state index is -0.825. The van der Waals surface area contributed by atoms with Crippen molar-refractivity contribution in [2.75, 3.05) is 18.0 Å². The fourth-order valence-corrected chi connectivity index (χ4v) is 7.97. The van der Waals surface area contributed by atoms with E-state index in [1.54, 1.807) is 0 Å². The van der Waals surface area contributed by atoms with Crippen LogP contribution in [-0.4, -0.2) is 45.5 Å². The molecule has 0 radical (unpaired) electrons. The summed E-state index contributed by atoms with van der Waals surface area (Å²) in [6.45, 7) is 9.47. The van der Waals surface area contributed by atoms with Crippen LogP contribution in [0, 0.1) is 13.8 Å². The predicted molar refractivity (Wildman–Crippen MR) is 205 cm³/mol. The highest BCUT2D eigenvalue weighted by molar-refractivity contribution is 6.04. The van der Waals surface area contributed by atoms with E-state index in [1.807, 2.05) is 30.4 Å². The van der Waals surface area contributed by atoms with Gasteiger partial charge in [0, 0.05) is 41.1 Å². The van der Waals surface area contributed by atoms with Crippen LogP contribution in [0.5, 0.6) is 0 Å². The molecule has 0 aliphatic carbocycles. The van der Waals surface area contributed by atoms with Crippen LogP contribution in [0.25, 0.3) is 0 Å². The lowest BCUT2D eigenvalue weighted by molar-refractivity contribution is -0.436. The van der Waals surface area contributed by atoms with Gasteiger partial charge in [-0.25, -0.2) is 0 Å². The minimum absolute atomic E-state index is 0.0280. The highest BCUT2D eigenvalue weighted by Gasteiger charge is 2.48. The molecule has 2 unspecified atom stereocenters. The SMILES string of the molecule is Cc1ccc2c(c1)C(C)(Cc1ccccc1)C(/C=C/C=C/C=C1/N(CCC(=O)O)c3ccc(C)cc3C1(C)Cc1ccccc1)=[N+]2CCC(=O)O. The monoisotopic (exact) mass is 679 g/mol. The number of benzene rings is 4. The van der Waals surface area contributed by atoms with E-state index in [2.05, 4.69) is 134 Å². The summed E-state index contributed by atoms with van der Waals surface area (Å²) in [6.07, 6.45) is 12.0. The van der Waals surface area contributed by atoms with E-state index in [-0.39, 0.29) is 23.7 Å². The van der Waals surface area contributed by atoms with Crippen LogP contribution in [0.2, 0.25) is 0 Å². The Morgan fingerprint density at radius 2 is 1.29 bits per heavy atom. The Kier molecular flexibility index (Phi) is 10.2. The molecule has 0 amide bonds. The van der Waals surface area contributed by atoms with Gasteiger partial charge in [-0.15, -0.1) is 0 Å². The van der Waals surface area contributed by atoms with Crippen molar-refractivity contribution in [3.8, 4) is 0 Å². The van der Waals surface area contributed by atoms with Crippen molar-refractivity contribution in [3.63, 3.8) is 0 Å². The van der Waals surface area contributed by atoms with Crippen LogP contribution < -0.4 is 4.90 Å². The first kappa shape index (κ1) is 35.3. The number of aliphatic carboxylic acids is 2. The summed E-state index contributed by atoms with van der Waals surface area (Å²) in [5.74, 6) is -1.65. The molecular weight excluding hydrogens is 633 g/mol. The molecule has 4 aromatic rings. The van der Waals surface area contributed by atoms with Gasteiger partial charge in [-0.3, -0.25) is 9.59 Å². The van der Waals surface area contributed by atoms with Crippen LogP contribution in [0.3, 0.4) is 0 Å². The number of carboxylic acid groups (broad SMARTS) is 2. The van der Waals surface area contributed by atoms with Crippen LogP contribution in [0.4, 0.5) is 11.4 Å².